The lowest BCUT2D eigenvalue weighted by atomic mass is 9.99. The molecule has 1 aromatic carbocycles. The lowest BCUT2D eigenvalue weighted by Crippen LogP contribution is -2.38. The van der Waals surface area contributed by atoms with E-state index >= 15 is 0 Å². The molecule has 3 nitrogen and oxygen atoms in total. The van der Waals surface area contributed by atoms with E-state index in [9.17, 15) is 4.79 Å². The molecule has 122 valence electrons. The summed E-state index contributed by atoms with van der Waals surface area (Å²) in [6.45, 7) is 8.26. The molecule has 0 radical (unpaired) electrons. The van der Waals surface area contributed by atoms with Crippen LogP contribution in [0.5, 0.6) is 0 Å². The van der Waals surface area contributed by atoms with Gasteiger partial charge in [-0.05, 0) is 43.4 Å². The Labute approximate surface area is 134 Å². The molecule has 0 aromatic heterocycles. The third-order valence-electron chi connectivity index (χ3n) is 4.52. The van der Waals surface area contributed by atoms with Crippen LogP contribution in [0.4, 0.5) is 5.69 Å². The van der Waals surface area contributed by atoms with Crippen molar-refractivity contribution in [1.29, 1.82) is 0 Å². The molecule has 1 aliphatic heterocycles. The van der Waals surface area contributed by atoms with Crippen molar-refractivity contribution in [3.63, 3.8) is 0 Å². The largest absolute Gasteiger partial charge is 0.327 e. The van der Waals surface area contributed by atoms with Gasteiger partial charge in [-0.3, -0.25) is 4.79 Å². The number of nitrogens with zero attached hydrogens (tertiary/aromatic N) is 1. The molecule has 1 aromatic rings. The minimum absolute atomic E-state index is 0.0375. The van der Waals surface area contributed by atoms with Crippen molar-refractivity contribution in [2.75, 3.05) is 4.90 Å². The minimum atomic E-state index is 0.0375. The van der Waals surface area contributed by atoms with Gasteiger partial charge in [-0.15, -0.1) is 0 Å². The molecule has 1 amide bonds. The van der Waals surface area contributed by atoms with E-state index in [0.29, 0.717) is 0 Å². The minimum Gasteiger partial charge on any atom is -0.327 e. The van der Waals surface area contributed by atoms with E-state index in [-0.39, 0.29) is 23.9 Å². The third kappa shape index (κ3) is 3.70. The van der Waals surface area contributed by atoms with Crippen molar-refractivity contribution >= 4 is 11.6 Å². The van der Waals surface area contributed by atoms with Crippen LogP contribution in [0, 0.1) is 5.92 Å². The molecule has 2 unspecified atom stereocenters. The maximum absolute atomic E-state index is 12.4. The smallest absolute Gasteiger partial charge is 0.229 e. The maximum Gasteiger partial charge on any atom is 0.229 e. The molecule has 0 bridgehead atoms. The lowest BCUT2D eigenvalue weighted by Gasteiger charge is -2.24. The summed E-state index contributed by atoms with van der Waals surface area (Å²) in [5.41, 5.74) is 9.90. The van der Waals surface area contributed by atoms with Crippen molar-refractivity contribution in [2.24, 2.45) is 11.7 Å². The first-order chi connectivity index (χ1) is 10.4. The van der Waals surface area contributed by atoms with Gasteiger partial charge in [-0.25, -0.2) is 0 Å². The Kier molecular flexibility index (Phi) is 5.63. The Hall–Kier alpha value is -1.35. The van der Waals surface area contributed by atoms with Gasteiger partial charge in [0.2, 0.25) is 5.91 Å². The van der Waals surface area contributed by atoms with Gasteiger partial charge in [-0.1, -0.05) is 45.7 Å². The van der Waals surface area contributed by atoms with E-state index in [0.717, 1.165) is 24.9 Å². The number of unbranched alkanes of at least 4 members (excludes halogenated alkanes) is 1. The van der Waals surface area contributed by atoms with Crippen molar-refractivity contribution < 1.29 is 4.79 Å². The van der Waals surface area contributed by atoms with Gasteiger partial charge in [-0.2, -0.15) is 0 Å². The van der Waals surface area contributed by atoms with E-state index in [1.165, 1.54) is 24.0 Å². The normalized spacial score (nSPS) is 18.6. The summed E-state index contributed by atoms with van der Waals surface area (Å²) in [4.78, 5) is 14.4. The Balaban J connectivity index is 2.13. The summed E-state index contributed by atoms with van der Waals surface area (Å²) in [5.74, 6) is 0.259. The molecule has 0 saturated heterocycles. The van der Waals surface area contributed by atoms with E-state index in [1.807, 2.05) is 18.7 Å². The number of carbonyl (C=O) groups is 1. The SMILES string of the molecule is CCCCC(N)Cc1ccc2c(c1)CC(C)N2C(=O)C(C)C. The highest BCUT2D eigenvalue weighted by atomic mass is 16.2. The standard InChI is InChI=1S/C19H30N2O/c1-5-6-7-17(20)12-15-8-9-18-16(11-15)10-14(4)21(18)19(22)13(2)3/h8-9,11,13-14,17H,5-7,10,12,20H2,1-4H3. The van der Waals surface area contributed by atoms with Gasteiger partial charge >= 0.3 is 0 Å². The van der Waals surface area contributed by atoms with Gasteiger partial charge in [0.25, 0.3) is 0 Å². The molecule has 0 saturated carbocycles. The molecule has 1 heterocycles. The zero-order valence-electron chi connectivity index (χ0n) is 14.4. The quantitative estimate of drug-likeness (QED) is 0.871. The molecule has 3 heteroatoms. The van der Waals surface area contributed by atoms with Crippen molar-refractivity contribution in [1.82, 2.24) is 0 Å². The molecular weight excluding hydrogens is 272 g/mol. The summed E-state index contributed by atoms with van der Waals surface area (Å²) < 4.78 is 0. The Bertz CT molecular complexity index is 524. The number of nitrogens with two attached hydrogens (primary N) is 1. The van der Waals surface area contributed by atoms with Crippen LogP contribution in [0.2, 0.25) is 0 Å². The number of hydrogen-bond donors (Lipinski definition) is 1. The van der Waals surface area contributed by atoms with Gasteiger partial charge in [0.05, 0.1) is 0 Å². The third-order valence-corrected chi connectivity index (χ3v) is 4.52. The maximum atomic E-state index is 12.4. The first-order valence-corrected chi connectivity index (χ1v) is 8.64. The highest BCUT2D eigenvalue weighted by Gasteiger charge is 2.32. The van der Waals surface area contributed by atoms with Crippen LogP contribution < -0.4 is 10.6 Å². The van der Waals surface area contributed by atoms with Crippen LogP contribution in [0.1, 0.15) is 58.1 Å². The van der Waals surface area contributed by atoms with E-state index < -0.39 is 0 Å². The second kappa shape index (κ2) is 7.28. The second-order valence-electron chi connectivity index (χ2n) is 6.99. The van der Waals surface area contributed by atoms with Crippen LogP contribution in [0.15, 0.2) is 18.2 Å². The fourth-order valence-electron chi connectivity index (χ4n) is 3.30. The molecule has 0 aliphatic carbocycles. The predicted octanol–water partition coefficient (Wildman–Crippen LogP) is 3.68. The van der Waals surface area contributed by atoms with Gasteiger partial charge in [0, 0.05) is 23.7 Å². The van der Waals surface area contributed by atoms with Gasteiger partial charge in [0.15, 0.2) is 0 Å². The van der Waals surface area contributed by atoms with Crippen molar-refractivity contribution in [3.05, 3.63) is 29.3 Å². The number of anilines is 1. The summed E-state index contributed by atoms with van der Waals surface area (Å²) in [5, 5.41) is 0. The van der Waals surface area contributed by atoms with E-state index in [2.05, 4.69) is 32.0 Å². The fourth-order valence-corrected chi connectivity index (χ4v) is 3.30. The van der Waals surface area contributed by atoms with Crippen LogP contribution in [0.25, 0.3) is 0 Å². The van der Waals surface area contributed by atoms with Crippen molar-refractivity contribution in [3.8, 4) is 0 Å². The average Bonchev–Trinajstić information content (AvgIpc) is 2.79. The Morgan fingerprint density at radius 3 is 2.77 bits per heavy atom. The van der Waals surface area contributed by atoms with Crippen LogP contribution in [0.3, 0.4) is 0 Å². The number of rotatable bonds is 6. The topological polar surface area (TPSA) is 46.3 Å². The summed E-state index contributed by atoms with van der Waals surface area (Å²) in [6, 6.07) is 7.01. The summed E-state index contributed by atoms with van der Waals surface area (Å²) in [7, 11) is 0. The molecule has 1 aliphatic rings. The molecule has 2 atom stereocenters. The number of benzene rings is 1. The Morgan fingerprint density at radius 2 is 2.14 bits per heavy atom. The van der Waals surface area contributed by atoms with Crippen LogP contribution in [-0.4, -0.2) is 18.0 Å². The molecule has 2 N–H and O–H groups in total. The zero-order chi connectivity index (χ0) is 16.3. The Morgan fingerprint density at radius 1 is 1.41 bits per heavy atom. The van der Waals surface area contributed by atoms with Gasteiger partial charge < -0.3 is 10.6 Å². The zero-order valence-corrected chi connectivity index (χ0v) is 14.4. The number of hydrogen-bond acceptors (Lipinski definition) is 2. The van der Waals surface area contributed by atoms with E-state index in [4.69, 9.17) is 5.73 Å². The second-order valence-corrected chi connectivity index (χ2v) is 6.99. The van der Waals surface area contributed by atoms with Crippen LogP contribution in [-0.2, 0) is 17.6 Å². The molecular formula is C19H30N2O. The molecule has 0 spiro atoms. The van der Waals surface area contributed by atoms with Crippen molar-refractivity contribution in [2.45, 2.75) is 71.9 Å². The monoisotopic (exact) mass is 302 g/mol. The van der Waals surface area contributed by atoms with Crippen LogP contribution >= 0.6 is 0 Å². The number of carbonyl (C=O) groups excluding carboxylic acids is 1. The molecule has 22 heavy (non-hydrogen) atoms. The van der Waals surface area contributed by atoms with E-state index in [1.54, 1.807) is 0 Å². The molecule has 0 fully saturated rings. The highest BCUT2D eigenvalue weighted by molar-refractivity contribution is 5.97. The molecule has 2 rings (SSSR count). The average molecular weight is 302 g/mol. The predicted molar refractivity (Wildman–Crippen MR) is 93.1 cm³/mol. The lowest BCUT2D eigenvalue weighted by molar-refractivity contribution is -0.121. The summed E-state index contributed by atoms with van der Waals surface area (Å²) in [6.07, 6.45) is 5.36. The summed E-state index contributed by atoms with van der Waals surface area (Å²) >= 11 is 0. The highest BCUT2D eigenvalue weighted by Crippen LogP contribution is 2.34. The number of amides is 1. The first kappa shape index (κ1) is 17.0. The fraction of sp³-hybridized carbons (Fsp3) is 0.632. The van der Waals surface area contributed by atoms with Gasteiger partial charge in [0.1, 0.15) is 0 Å². The number of fused-ring (bicyclic) bond motifs is 1. The first-order valence-electron chi connectivity index (χ1n) is 8.64.